The Bertz CT molecular complexity index is 839. The first kappa shape index (κ1) is 15.2. The van der Waals surface area contributed by atoms with Crippen molar-refractivity contribution >= 4 is 22.3 Å². The molecule has 3 rings (SSSR count). The van der Waals surface area contributed by atoms with Crippen LogP contribution >= 0.6 is 0 Å². The Kier molecular flexibility index (Phi) is 4.06. The Labute approximate surface area is 136 Å². The van der Waals surface area contributed by atoms with Gasteiger partial charge in [0, 0.05) is 29.0 Å². The molecule has 4 heteroatoms. The quantitative estimate of drug-likeness (QED) is 0.764. The fourth-order valence-corrected chi connectivity index (χ4v) is 2.78. The number of aromatic nitrogens is 1. The van der Waals surface area contributed by atoms with Crippen LogP contribution < -0.4 is 14.8 Å². The van der Waals surface area contributed by atoms with Gasteiger partial charge in [-0.15, -0.1) is 0 Å². The van der Waals surface area contributed by atoms with Crippen LogP contribution in [0.25, 0.3) is 10.9 Å². The summed E-state index contributed by atoms with van der Waals surface area (Å²) < 4.78 is 10.8. The molecule has 3 aromatic rings. The number of rotatable bonds is 4. The molecule has 0 aliphatic heterocycles. The molecule has 0 fully saturated rings. The molecular formula is C19H20N2O2. The van der Waals surface area contributed by atoms with Gasteiger partial charge < -0.3 is 14.8 Å². The van der Waals surface area contributed by atoms with Gasteiger partial charge in [-0.2, -0.15) is 0 Å². The molecule has 118 valence electrons. The van der Waals surface area contributed by atoms with Gasteiger partial charge >= 0.3 is 0 Å². The SMILES string of the molecule is COc1cc2nccc(Nc3cc(C)cc(C)c3)c2cc1OC. The molecule has 0 unspecified atom stereocenters. The number of nitrogens with one attached hydrogen (secondary N) is 1. The van der Waals surface area contributed by atoms with E-state index in [0.29, 0.717) is 11.5 Å². The van der Waals surface area contributed by atoms with Crippen molar-refractivity contribution in [2.45, 2.75) is 13.8 Å². The zero-order valence-corrected chi connectivity index (χ0v) is 13.8. The summed E-state index contributed by atoms with van der Waals surface area (Å²) in [6, 6.07) is 12.2. The van der Waals surface area contributed by atoms with E-state index in [4.69, 9.17) is 9.47 Å². The number of benzene rings is 2. The van der Waals surface area contributed by atoms with E-state index in [1.165, 1.54) is 11.1 Å². The molecule has 2 aromatic carbocycles. The van der Waals surface area contributed by atoms with E-state index in [9.17, 15) is 0 Å². The lowest BCUT2D eigenvalue weighted by Crippen LogP contribution is -1.96. The first-order valence-electron chi connectivity index (χ1n) is 7.47. The Morgan fingerprint density at radius 2 is 1.52 bits per heavy atom. The fraction of sp³-hybridized carbons (Fsp3) is 0.211. The van der Waals surface area contributed by atoms with Crippen LogP contribution in [0.2, 0.25) is 0 Å². The average molecular weight is 308 g/mol. The normalized spacial score (nSPS) is 10.6. The standard InChI is InChI=1S/C19H20N2O2/c1-12-7-13(2)9-14(8-12)21-16-5-6-20-17-11-19(23-4)18(22-3)10-15(16)17/h5-11H,1-4H3,(H,20,21). The van der Waals surface area contributed by atoms with Crippen LogP contribution in [0.15, 0.2) is 42.6 Å². The third-order valence-electron chi connectivity index (χ3n) is 3.75. The van der Waals surface area contributed by atoms with Crippen LogP contribution in [0.3, 0.4) is 0 Å². The van der Waals surface area contributed by atoms with Crippen LogP contribution in [0, 0.1) is 13.8 Å². The molecule has 0 bridgehead atoms. The lowest BCUT2D eigenvalue weighted by molar-refractivity contribution is 0.356. The maximum absolute atomic E-state index is 5.41. The number of aryl methyl sites for hydroxylation is 2. The highest BCUT2D eigenvalue weighted by molar-refractivity contribution is 5.95. The summed E-state index contributed by atoms with van der Waals surface area (Å²) in [5, 5.41) is 4.47. The summed E-state index contributed by atoms with van der Waals surface area (Å²) in [6.45, 7) is 4.19. The minimum atomic E-state index is 0.677. The molecule has 1 N–H and O–H groups in total. The van der Waals surface area contributed by atoms with E-state index >= 15 is 0 Å². The van der Waals surface area contributed by atoms with Gasteiger partial charge in [0.05, 0.1) is 19.7 Å². The summed E-state index contributed by atoms with van der Waals surface area (Å²) in [7, 11) is 3.26. The van der Waals surface area contributed by atoms with Crippen LogP contribution in [0.1, 0.15) is 11.1 Å². The summed E-state index contributed by atoms with van der Waals surface area (Å²) >= 11 is 0. The van der Waals surface area contributed by atoms with Gasteiger partial charge in [-0.25, -0.2) is 0 Å². The van der Waals surface area contributed by atoms with Crippen molar-refractivity contribution in [1.29, 1.82) is 0 Å². The highest BCUT2D eigenvalue weighted by Crippen LogP contribution is 2.35. The van der Waals surface area contributed by atoms with Gasteiger partial charge in [-0.1, -0.05) is 6.07 Å². The van der Waals surface area contributed by atoms with E-state index in [1.807, 2.05) is 18.2 Å². The number of nitrogens with zero attached hydrogens (tertiary/aromatic N) is 1. The van der Waals surface area contributed by atoms with Crippen LogP contribution in [-0.2, 0) is 0 Å². The molecule has 0 aliphatic rings. The molecular weight excluding hydrogens is 288 g/mol. The van der Waals surface area contributed by atoms with Crippen molar-refractivity contribution < 1.29 is 9.47 Å². The minimum absolute atomic E-state index is 0.677. The molecule has 4 nitrogen and oxygen atoms in total. The third kappa shape index (κ3) is 3.06. The monoisotopic (exact) mass is 308 g/mol. The topological polar surface area (TPSA) is 43.4 Å². The highest BCUT2D eigenvalue weighted by atomic mass is 16.5. The number of methoxy groups -OCH3 is 2. The minimum Gasteiger partial charge on any atom is -0.493 e. The second kappa shape index (κ2) is 6.16. The molecule has 23 heavy (non-hydrogen) atoms. The number of hydrogen-bond acceptors (Lipinski definition) is 4. The Morgan fingerprint density at radius 1 is 0.870 bits per heavy atom. The van der Waals surface area contributed by atoms with E-state index in [0.717, 1.165) is 22.3 Å². The molecule has 0 aliphatic carbocycles. The average Bonchev–Trinajstić information content (AvgIpc) is 2.53. The zero-order valence-electron chi connectivity index (χ0n) is 13.8. The molecule has 1 aromatic heterocycles. The van der Waals surface area contributed by atoms with Crippen molar-refractivity contribution in [2.24, 2.45) is 0 Å². The molecule has 0 saturated carbocycles. The largest absolute Gasteiger partial charge is 0.493 e. The summed E-state index contributed by atoms with van der Waals surface area (Å²) in [6.07, 6.45) is 1.79. The number of pyridine rings is 1. The summed E-state index contributed by atoms with van der Waals surface area (Å²) in [5.41, 5.74) is 5.36. The van der Waals surface area contributed by atoms with E-state index in [2.05, 4.69) is 42.3 Å². The van der Waals surface area contributed by atoms with Gasteiger partial charge in [-0.3, -0.25) is 4.98 Å². The van der Waals surface area contributed by atoms with Crippen molar-refractivity contribution in [3.05, 3.63) is 53.7 Å². The van der Waals surface area contributed by atoms with E-state index in [1.54, 1.807) is 20.4 Å². The first-order valence-corrected chi connectivity index (χ1v) is 7.47. The number of anilines is 2. The Morgan fingerprint density at radius 3 is 2.17 bits per heavy atom. The number of ether oxygens (including phenoxy) is 2. The van der Waals surface area contributed by atoms with E-state index < -0.39 is 0 Å². The van der Waals surface area contributed by atoms with Gasteiger partial charge in [-0.05, 0) is 49.2 Å². The maximum atomic E-state index is 5.41. The lowest BCUT2D eigenvalue weighted by atomic mass is 10.1. The van der Waals surface area contributed by atoms with Gasteiger partial charge in [0.25, 0.3) is 0 Å². The second-order valence-corrected chi connectivity index (χ2v) is 5.58. The fourth-order valence-electron chi connectivity index (χ4n) is 2.78. The highest BCUT2D eigenvalue weighted by Gasteiger charge is 2.10. The molecule has 0 atom stereocenters. The number of fused-ring (bicyclic) bond motifs is 1. The first-order chi connectivity index (χ1) is 11.1. The van der Waals surface area contributed by atoms with Crippen molar-refractivity contribution in [3.63, 3.8) is 0 Å². The molecule has 0 amide bonds. The van der Waals surface area contributed by atoms with Gasteiger partial charge in [0.1, 0.15) is 0 Å². The van der Waals surface area contributed by atoms with Crippen molar-refractivity contribution in [2.75, 3.05) is 19.5 Å². The second-order valence-electron chi connectivity index (χ2n) is 5.58. The van der Waals surface area contributed by atoms with Gasteiger partial charge in [0.15, 0.2) is 11.5 Å². The van der Waals surface area contributed by atoms with E-state index in [-0.39, 0.29) is 0 Å². The van der Waals surface area contributed by atoms with Crippen LogP contribution in [0.4, 0.5) is 11.4 Å². The smallest absolute Gasteiger partial charge is 0.162 e. The predicted molar refractivity (Wildman–Crippen MR) is 94.0 cm³/mol. The predicted octanol–water partition coefficient (Wildman–Crippen LogP) is 4.61. The summed E-state index contributed by atoms with van der Waals surface area (Å²) in [5.74, 6) is 1.37. The van der Waals surface area contributed by atoms with Crippen LogP contribution in [0.5, 0.6) is 11.5 Å². The Balaban J connectivity index is 2.10. The Hall–Kier alpha value is -2.75. The zero-order chi connectivity index (χ0) is 16.4. The van der Waals surface area contributed by atoms with Crippen LogP contribution in [-0.4, -0.2) is 19.2 Å². The van der Waals surface area contributed by atoms with Crippen molar-refractivity contribution in [3.8, 4) is 11.5 Å². The summed E-state index contributed by atoms with van der Waals surface area (Å²) in [4.78, 5) is 4.43. The molecule has 0 radical (unpaired) electrons. The number of hydrogen-bond donors (Lipinski definition) is 1. The third-order valence-corrected chi connectivity index (χ3v) is 3.75. The molecule has 0 saturated heterocycles. The van der Waals surface area contributed by atoms with Crippen molar-refractivity contribution in [1.82, 2.24) is 4.98 Å². The maximum Gasteiger partial charge on any atom is 0.162 e. The lowest BCUT2D eigenvalue weighted by Gasteiger charge is -2.13. The molecule has 0 spiro atoms. The molecule has 1 heterocycles. The van der Waals surface area contributed by atoms with Gasteiger partial charge in [0.2, 0.25) is 0 Å².